The topological polar surface area (TPSA) is 55.1 Å². The number of aliphatic carboxylic acids is 1. The lowest BCUT2D eigenvalue weighted by molar-refractivity contribution is -0.131. The Kier molecular flexibility index (Phi) is 5.58. The van der Waals surface area contributed by atoms with Crippen LogP contribution in [-0.4, -0.2) is 20.9 Å². The third-order valence-corrected chi connectivity index (χ3v) is 4.63. The lowest BCUT2D eigenvalue weighted by atomic mass is 10.1. The summed E-state index contributed by atoms with van der Waals surface area (Å²) in [5, 5.41) is 15.2. The number of halogens is 4. The number of hydrogen-bond acceptors (Lipinski definition) is 2. The summed E-state index contributed by atoms with van der Waals surface area (Å²) in [5.74, 6) is -1.07. The molecule has 0 amide bonds. The third kappa shape index (κ3) is 4.22. The molecule has 0 bridgehead atoms. The van der Waals surface area contributed by atoms with Gasteiger partial charge in [0, 0.05) is 33.4 Å². The molecular formula is C18H10Cl4N2O2. The fourth-order valence-electron chi connectivity index (χ4n) is 2.34. The SMILES string of the molecule is O=C(O)/C=C/c1cn(-c2cc(Cl)cc(Cl)c2)nc1-c1ccc(Cl)c(Cl)c1. The van der Waals surface area contributed by atoms with Gasteiger partial charge in [0.2, 0.25) is 0 Å². The maximum atomic E-state index is 10.9. The van der Waals surface area contributed by atoms with Crippen molar-refractivity contribution in [2.24, 2.45) is 0 Å². The van der Waals surface area contributed by atoms with Crippen molar-refractivity contribution >= 4 is 58.4 Å². The van der Waals surface area contributed by atoms with Crippen LogP contribution in [0.15, 0.2) is 48.7 Å². The number of aromatic nitrogens is 2. The summed E-state index contributed by atoms with van der Waals surface area (Å²) in [6.07, 6.45) is 4.17. The first-order valence-corrected chi connectivity index (χ1v) is 8.77. The third-order valence-electron chi connectivity index (χ3n) is 3.45. The van der Waals surface area contributed by atoms with Crippen molar-refractivity contribution in [3.63, 3.8) is 0 Å². The minimum atomic E-state index is -1.07. The van der Waals surface area contributed by atoms with E-state index in [1.54, 1.807) is 47.3 Å². The van der Waals surface area contributed by atoms with Crippen molar-refractivity contribution in [3.8, 4) is 16.9 Å². The molecule has 0 saturated heterocycles. The first kappa shape index (κ1) is 18.8. The summed E-state index contributed by atoms with van der Waals surface area (Å²) in [6, 6.07) is 10.1. The Hall–Kier alpha value is -1.98. The van der Waals surface area contributed by atoms with Gasteiger partial charge in [-0.25, -0.2) is 9.48 Å². The van der Waals surface area contributed by atoms with E-state index in [-0.39, 0.29) is 0 Å². The smallest absolute Gasteiger partial charge is 0.328 e. The van der Waals surface area contributed by atoms with Gasteiger partial charge >= 0.3 is 5.97 Å². The van der Waals surface area contributed by atoms with E-state index < -0.39 is 5.97 Å². The quantitative estimate of drug-likeness (QED) is 0.500. The predicted molar refractivity (Wildman–Crippen MR) is 106 cm³/mol. The molecular weight excluding hydrogens is 418 g/mol. The molecule has 3 aromatic rings. The molecule has 0 radical (unpaired) electrons. The summed E-state index contributed by atoms with van der Waals surface area (Å²) in [4.78, 5) is 10.9. The first-order chi connectivity index (χ1) is 12.3. The molecule has 4 nitrogen and oxygen atoms in total. The van der Waals surface area contributed by atoms with Crippen molar-refractivity contribution in [3.05, 3.63) is 74.3 Å². The van der Waals surface area contributed by atoms with Crippen molar-refractivity contribution < 1.29 is 9.90 Å². The first-order valence-electron chi connectivity index (χ1n) is 7.26. The maximum Gasteiger partial charge on any atom is 0.328 e. The van der Waals surface area contributed by atoms with Gasteiger partial charge in [-0.15, -0.1) is 0 Å². The van der Waals surface area contributed by atoms with E-state index in [0.717, 1.165) is 6.08 Å². The highest BCUT2D eigenvalue weighted by Crippen LogP contribution is 2.31. The number of hydrogen-bond donors (Lipinski definition) is 1. The molecule has 1 heterocycles. The number of benzene rings is 2. The number of carbonyl (C=O) groups is 1. The molecule has 0 fully saturated rings. The van der Waals surface area contributed by atoms with Crippen LogP contribution in [0.1, 0.15) is 5.56 Å². The van der Waals surface area contributed by atoms with Gasteiger partial charge in [-0.1, -0.05) is 52.5 Å². The molecule has 0 aliphatic carbocycles. The lowest BCUT2D eigenvalue weighted by Gasteiger charge is -2.03. The second-order valence-corrected chi connectivity index (χ2v) is 6.99. The minimum Gasteiger partial charge on any atom is -0.478 e. The van der Waals surface area contributed by atoms with Gasteiger partial charge in [0.1, 0.15) is 5.69 Å². The lowest BCUT2D eigenvalue weighted by Crippen LogP contribution is -1.95. The highest BCUT2D eigenvalue weighted by molar-refractivity contribution is 6.42. The minimum absolute atomic E-state index is 0.373. The molecule has 2 aromatic carbocycles. The molecule has 132 valence electrons. The standard InChI is InChI=1S/C18H10Cl4N2O2/c19-12-6-13(20)8-14(7-12)24-9-11(2-4-17(25)26)18(23-24)10-1-3-15(21)16(22)5-10/h1-9H,(H,25,26)/b4-2+. The van der Waals surface area contributed by atoms with Crippen LogP contribution in [0.4, 0.5) is 0 Å². The highest BCUT2D eigenvalue weighted by Gasteiger charge is 2.13. The monoisotopic (exact) mass is 426 g/mol. The summed E-state index contributed by atoms with van der Waals surface area (Å²) in [5.41, 5.74) is 2.45. The van der Waals surface area contributed by atoms with Crippen molar-refractivity contribution in [2.75, 3.05) is 0 Å². The van der Waals surface area contributed by atoms with E-state index in [4.69, 9.17) is 51.5 Å². The van der Waals surface area contributed by atoms with Gasteiger partial charge in [0.05, 0.1) is 15.7 Å². The van der Waals surface area contributed by atoms with Crippen LogP contribution in [0.3, 0.4) is 0 Å². The van der Waals surface area contributed by atoms with Gasteiger partial charge in [0.15, 0.2) is 0 Å². The van der Waals surface area contributed by atoms with Gasteiger partial charge in [-0.3, -0.25) is 0 Å². The number of carboxylic acid groups (broad SMARTS) is 1. The van der Waals surface area contributed by atoms with E-state index in [0.29, 0.717) is 42.6 Å². The van der Waals surface area contributed by atoms with Crippen LogP contribution in [0.2, 0.25) is 20.1 Å². The van der Waals surface area contributed by atoms with Crippen molar-refractivity contribution in [2.45, 2.75) is 0 Å². The van der Waals surface area contributed by atoms with E-state index in [1.165, 1.54) is 6.08 Å². The average molecular weight is 428 g/mol. The summed E-state index contributed by atoms with van der Waals surface area (Å²) >= 11 is 24.2. The fraction of sp³-hybridized carbons (Fsp3) is 0. The zero-order valence-electron chi connectivity index (χ0n) is 13.0. The Morgan fingerprint density at radius 1 is 1.00 bits per heavy atom. The molecule has 8 heteroatoms. The van der Waals surface area contributed by atoms with Crippen molar-refractivity contribution in [1.82, 2.24) is 9.78 Å². The molecule has 1 N–H and O–H groups in total. The zero-order valence-corrected chi connectivity index (χ0v) is 16.0. The number of nitrogens with zero attached hydrogens (tertiary/aromatic N) is 2. The van der Waals surface area contributed by atoms with Crippen LogP contribution in [0, 0.1) is 0 Å². The average Bonchev–Trinajstić information content (AvgIpc) is 2.99. The van der Waals surface area contributed by atoms with Gasteiger partial charge in [0.25, 0.3) is 0 Å². The predicted octanol–water partition coefficient (Wildman–Crippen LogP) is 6.25. The van der Waals surface area contributed by atoms with Crippen LogP contribution in [0.25, 0.3) is 23.0 Å². The molecule has 26 heavy (non-hydrogen) atoms. The normalized spacial score (nSPS) is 11.2. The summed E-state index contributed by atoms with van der Waals surface area (Å²) in [7, 11) is 0. The van der Waals surface area contributed by atoms with E-state index in [2.05, 4.69) is 5.10 Å². The van der Waals surface area contributed by atoms with Gasteiger partial charge in [-0.2, -0.15) is 5.10 Å². The molecule has 0 aliphatic heterocycles. The molecule has 0 atom stereocenters. The maximum absolute atomic E-state index is 10.9. The number of carboxylic acids is 1. The largest absolute Gasteiger partial charge is 0.478 e. The van der Waals surface area contributed by atoms with Crippen LogP contribution in [0.5, 0.6) is 0 Å². The number of rotatable bonds is 4. The van der Waals surface area contributed by atoms with E-state index in [9.17, 15) is 4.79 Å². The Bertz CT molecular complexity index is 1010. The van der Waals surface area contributed by atoms with E-state index in [1.807, 2.05) is 0 Å². The van der Waals surface area contributed by atoms with Gasteiger partial charge in [-0.05, 0) is 36.4 Å². The molecule has 0 spiro atoms. The molecule has 0 saturated carbocycles. The zero-order chi connectivity index (χ0) is 18.8. The Balaban J connectivity index is 2.16. The van der Waals surface area contributed by atoms with Crippen LogP contribution < -0.4 is 0 Å². The summed E-state index contributed by atoms with van der Waals surface area (Å²) in [6.45, 7) is 0. The second kappa shape index (κ2) is 7.72. The van der Waals surface area contributed by atoms with E-state index >= 15 is 0 Å². The Morgan fingerprint density at radius 2 is 1.69 bits per heavy atom. The Labute approximate surface area is 169 Å². The molecule has 0 unspecified atom stereocenters. The summed E-state index contributed by atoms with van der Waals surface area (Å²) < 4.78 is 1.57. The van der Waals surface area contributed by atoms with Crippen LogP contribution in [-0.2, 0) is 4.79 Å². The second-order valence-electron chi connectivity index (χ2n) is 5.31. The Morgan fingerprint density at radius 3 is 2.31 bits per heavy atom. The fourth-order valence-corrected chi connectivity index (χ4v) is 3.15. The molecule has 0 aliphatic rings. The van der Waals surface area contributed by atoms with Crippen LogP contribution >= 0.6 is 46.4 Å². The molecule has 1 aromatic heterocycles. The molecule has 3 rings (SSSR count). The van der Waals surface area contributed by atoms with Crippen molar-refractivity contribution in [1.29, 1.82) is 0 Å². The highest BCUT2D eigenvalue weighted by atomic mass is 35.5. The van der Waals surface area contributed by atoms with Gasteiger partial charge < -0.3 is 5.11 Å².